The molecule has 0 spiro atoms. The van der Waals surface area contributed by atoms with Gasteiger partial charge in [0.1, 0.15) is 11.5 Å². The van der Waals surface area contributed by atoms with E-state index >= 15 is 0 Å². The number of rotatable bonds is 7. The van der Waals surface area contributed by atoms with E-state index in [2.05, 4.69) is 31.6 Å². The van der Waals surface area contributed by atoms with Crippen LogP contribution < -0.4 is 5.43 Å². The number of halogens is 2. The highest BCUT2D eigenvalue weighted by Gasteiger charge is 2.14. The van der Waals surface area contributed by atoms with Gasteiger partial charge in [0, 0.05) is 28.4 Å². The van der Waals surface area contributed by atoms with Gasteiger partial charge in [-0.3, -0.25) is 19.6 Å². The second kappa shape index (κ2) is 9.80. The van der Waals surface area contributed by atoms with E-state index in [1.54, 1.807) is 29.1 Å². The highest BCUT2D eigenvalue weighted by atomic mass is 79.9. The molecule has 0 aliphatic heterocycles. The third kappa shape index (κ3) is 5.54. The summed E-state index contributed by atoms with van der Waals surface area (Å²) in [6.45, 7) is 0.527. The maximum Gasteiger partial charge on any atom is 0.291 e. The first-order valence-corrected chi connectivity index (χ1v) is 10.7. The number of nitro groups is 1. The standard InChI is InChI=1S/C22H15BrClN5O4/c23-15-3-1-14(2-4-15)13-28-10-9-20(27-28)22(30)26-25-12-17-6-8-21(33-17)18-11-16(29(31)32)5-7-19(18)24/h1-12H,13H2,(H,26,30)/b25-12+. The first-order chi connectivity index (χ1) is 15.9. The molecule has 2 aromatic heterocycles. The van der Waals surface area contributed by atoms with Gasteiger partial charge in [-0.15, -0.1) is 0 Å². The molecule has 2 aromatic carbocycles. The average molecular weight is 529 g/mol. The predicted molar refractivity (Wildman–Crippen MR) is 126 cm³/mol. The minimum absolute atomic E-state index is 0.104. The Morgan fingerprint density at radius 2 is 2.00 bits per heavy atom. The van der Waals surface area contributed by atoms with Crippen LogP contribution in [0.1, 0.15) is 21.8 Å². The van der Waals surface area contributed by atoms with Crippen molar-refractivity contribution < 1.29 is 14.1 Å². The van der Waals surface area contributed by atoms with Crippen LogP contribution in [0.2, 0.25) is 5.02 Å². The molecule has 4 rings (SSSR count). The highest BCUT2D eigenvalue weighted by molar-refractivity contribution is 9.10. The van der Waals surface area contributed by atoms with E-state index in [1.165, 1.54) is 24.4 Å². The summed E-state index contributed by atoms with van der Waals surface area (Å²) in [5, 5.41) is 19.4. The van der Waals surface area contributed by atoms with Crippen molar-refractivity contribution in [2.24, 2.45) is 5.10 Å². The van der Waals surface area contributed by atoms with Crippen molar-refractivity contribution in [2.75, 3.05) is 0 Å². The van der Waals surface area contributed by atoms with Gasteiger partial charge >= 0.3 is 0 Å². The van der Waals surface area contributed by atoms with Crippen LogP contribution in [0.4, 0.5) is 5.69 Å². The number of hydrazone groups is 1. The largest absolute Gasteiger partial charge is 0.455 e. The Morgan fingerprint density at radius 1 is 1.21 bits per heavy atom. The van der Waals surface area contributed by atoms with Gasteiger partial charge in [0.25, 0.3) is 11.6 Å². The second-order valence-corrected chi connectivity index (χ2v) is 8.17. The molecule has 33 heavy (non-hydrogen) atoms. The fourth-order valence-corrected chi connectivity index (χ4v) is 3.42. The molecule has 0 fully saturated rings. The van der Waals surface area contributed by atoms with Gasteiger partial charge < -0.3 is 4.42 Å². The monoisotopic (exact) mass is 527 g/mol. The van der Waals surface area contributed by atoms with Crippen LogP contribution in [0.25, 0.3) is 11.3 Å². The number of carbonyl (C=O) groups is 1. The summed E-state index contributed by atoms with van der Waals surface area (Å²) in [5.74, 6) is 0.186. The highest BCUT2D eigenvalue weighted by Crippen LogP contribution is 2.32. The molecule has 0 aliphatic rings. The molecule has 166 valence electrons. The van der Waals surface area contributed by atoms with Crippen molar-refractivity contribution in [2.45, 2.75) is 6.54 Å². The fraction of sp³-hybridized carbons (Fsp3) is 0.0455. The number of nitro benzene ring substituents is 1. The molecule has 1 N–H and O–H groups in total. The number of non-ortho nitro benzene ring substituents is 1. The topological polar surface area (TPSA) is 116 Å². The molecule has 0 unspecified atom stereocenters. The Bertz CT molecular complexity index is 1350. The van der Waals surface area contributed by atoms with Crippen LogP contribution in [-0.2, 0) is 6.54 Å². The number of furan rings is 1. The summed E-state index contributed by atoms with van der Waals surface area (Å²) in [7, 11) is 0. The third-order valence-electron chi connectivity index (χ3n) is 4.54. The van der Waals surface area contributed by atoms with Gasteiger partial charge in [0.05, 0.1) is 22.7 Å². The minimum atomic E-state index is -0.513. The van der Waals surface area contributed by atoms with E-state index in [9.17, 15) is 14.9 Å². The zero-order chi connectivity index (χ0) is 23.4. The predicted octanol–water partition coefficient (Wildman–Crippen LogP) is 5.28. The van der Waals surface area contributed by atoms with E-state index in [1.807, 2.05) is 24.3 Å². The van der Waals surface area contributed by atoms with E-state index in [0.717, 1.165) is 10.0 Å². The molecule has 0 saturated carbocycles. The molecular weight excluding hydrogens is 514 g/mol. The molecule has 4 aromatic rings. The second-order valence-electron chi connectivity index (χ2n) is 6.85. The normalized spacial score (nSPS) is 11.1. The van der Waals surface area contributed by atoms with Gasteiger partial charge in [-0.1, -0.05) is 39.7 Å². The number of amides is 1. The van der Waals surface area contributed by atoms with Crippen molar-refractivity contribution in [1.82, 2.24) is 15.2 Å². The molecule has 0 saturated heterocycles. The summed E-state index contributed by atoms with van der Waals surface area (Å²) in [4.78, 5) is 22.8. The molecule has 2 heterocycles. The lowest BCUT2D eigenvalue weighted by molar-refractivity contribution is -0.384. The SMILES string of the molecule is O=C(N/N=C/c1ccc(-c2cc([N+](=O)[O-])ccc2Cl)o1)c1ccn(Cc2ccc(Br)cc2)n1. The molecule has 0 atom stereocenters. The number of hydrogen-bond donors (Lipinski definition) is 1. The Labute approximate surface area is 200 Å². The summed E-state index contributed by atoms with van der Waals surface area (Å²) in [6, 6.07) is 16.7. The van der Waals surface area contributed by atoms with Crippen molar-refractivity contribution in [3.8, 4) is 11.3 Å². The van der Waals surface area contributed by atoms with Crippen molar-refractivity contribution in [1.29, 1.82) is 0 Å². The van der Waals surface area contributed by atoms with E-state index < -0.39 is 10.8 Å². The molecular formula is C22H15BrClN5O4. The zero-order valence-electron chi connectivity index (χ0n) is 16.8. The number of nitrogens with zero attached hydrogens (tertiary/aromatic N) is 4. The van der Waals surface area contributed by atoms with Crippen molar-refractivity contribution >= 4 is 45.3 Å². The lowest BCUT2D eigenvalue weighted by Gasteiger charge is -2.02. The van der Waals surface area contributed by atoms with Crippen LogP contribution in [-0.4, -0.2) is 26.8 Å². The number of benzene rings is 2. The van der Waals surface area contributed by atoms with Gasteiger partial charge in [-0.2, -0.15) is 10.2 Å². The Kier molecular flexibility index (Phi) is 6.66. The third-order valence-corrected chi connectivity index (χ3v) is 5.40. The van der Waals surface area contributed by atoms with Gasteiger partial charge in [0.2, 0.25) is 0 Å². The number of aromatic nitrogens is 2. The Balaban J connectivity index is 1.38. The molecule has 0 aliphatic carbocycles. The molecule has 9 nitrogen and oxygen atoms in total. The van der Waals surface area contributed by atoms with Crippen LogP contribution in [0, 0.1) is 10.1 Å². The van der Waals surface area contributed by atoms with Crippen LogP contribution in [0.5, 0.6) is 0 Å². The molecule has 0 bridgehead atoms. The number of hydrogen-bond acceptors (Lipinski definition) is 6. The summed E-state index contributed by atoms with van der Waals surface area (Å²) < 4.78 is 8.26. The fourth-order valence-electron chi connectivity index (χ4n) is 2.94. The maximum atomic E-state index is 12.3. The van der Waals surface area contributed by atoms with E-state index in [4.69, 9.17) is 16.0 Å². The average Bonchev–Trinajstić information content (AvgIpc) is 3.45. The van der Waals surface area contributed by atoms with Gasteiger partial charge in [0.15, 0.2) is 5.69 Å². The quantitative estimate of drug-likeness (QED) is 0.199. The number of carbonyl (C=O) groups excluding carboxylic acids is 1. The minimum Gasteiger partial charge on any atom is -0.455 e. The molecule has 1 amide bonds. The Morgan fingerprint density at radius 3 is 2.76 bits per heavy atom. The van der Waals surface area contributed by atoms with Crippen LogP contribution in [0.15, 0.2) is 80.9 Å². The van der Waals surface area contributed by atoms with Gasteiger partial charge in [-0.05, 0) is 42.0 Å². The van der Waals surface area contributed by atoms with E-state index in [-0.39, 0.29) is 11.4 Å². The van der Waals surface area contributed by atoms with Crippen molar-refractivity contribution in [3.05, 3.63) is 103 Å². The maximum absolute atomic E-state index is 12.3. The van der Waals surface area contributed by atoms with Gasteiger partial charge in [-0.25, -0.2) is 5.43 Å². The first-order valence-electron chi connectivity index (χ1n) is 9.54. The summed E-state index contributed by atoms with van der Waals surface area (Å²) in [5.41, 5.74) is 3.93. The van der Waals surface area contributed by atoms with Crippen LogP contribution >= 0.6 is 27.5 Å². The summed E-state index contributed by atoms with van der Waals surface area (Å²) >= 11 is 9.53. The van der Waals surface area contributed by atoms with Crippen molar-refractivity contribution in [3.63, 3.8) is 0 Å². The van der Waals surface area contributed by atoms with E-state index in [0.29, 0.717) is 28.7 Å². The first kappa shape index (κ1) is 22.4. The molecule has 11 heteroatoms. The van der Waals surface area contributed by atoms with Crippen LogP contribution in [0.3, 0.4) is 0 Å². The lowest BCUT2D eigenvalue weighted by atomic mass is 10.1. The lowest BCUT2D eigenvalue weighted by Crippen LogP contribution is -2.18. The smallest absolute Gasteiger partial charge is 0.291 e. The zero-order valence-corrected chi connectivity index (χ0v) is 19.2. The molecule has 0 radical (unpaired) electrons. The summed E-state index contributed by atoms with van der Waals surface area (Å²) in [6.07, 6.45) is 3.02. The number of nitrogens with one attached hydrogen (secondary N) is 1. The Hall–Kier alpha value is -3.76.